The minimum atomic E-state index is -0.703. The summed E-state index contributed by atoms with van der Waals surface area (Å²) in [5.74, 6) is 1.39. The molecule has 0 radical (unpaired) electrons. The van der Waals surface area contributed by atoms with E-state index in [2.05, 4.69) is 12.2 Å². The molecule has 3 rings (SSSR count). The molecular formula is C17H24N2O2. The summed E-state index contributed by atoms with van der Waals surface area (Å²) < 4.78 is 5.64. The SMILES string of the molecule is CC1CCCC(N)(C(=O)NC2CCOc3ccccc32)C1. The van der Waals surface area contributed by atoms with Crippen LogP contribution < -0.4 is 15.8 Å². The molecule has 3 N–H and O–H groups in total. The van der Waals surface area contributed by atoms with Gasteiger partial charge in [0.25, 0.3) is 0 Å². The maximum Gasteiger partial charge on any atom is 0.240 e. The first-order valence-corrected chi connectivity index (χ1v) is 7.90. The fourth-order valence-corrected chi connectivity index (χ4v) is 3.59. The van der Waals surface area contributed by atoms with Crippen LogP contribution in [0.4, 0.5) is 0 Å². The summed E-state index contributed by atoms with van der Waals surface area (Å²) >= 11 is 0. The molecule has 4 heteroatoms. The molecular weight excluding hydrogens is 264 g/mol. The third kappa shape index (κ3) is 2.91. The fraction of sp³-hybridized carbons (Fsp3) is 0.588. The molecule has 1 aliphatic carbocycles. The molecule has 1 amide bonds. The maximum atomic E-state index is 12.7. The number of benzene rings is 1. The molecule has 1 fully saturated rings. The van der Waals surface area contributed by atoms with Crippen LogP contribution in [0.5, 0.6) is 5.75 Å². The van der Waals surface area contributed by atoms with E-state index in [1.165, 1.54) is 6.42 Å². The number of para-hydroxylation sites is 1. The van der Waals surface area contributed by atoms with Gasteiger partial charge in [-0.2, -0.15) is 0 Å². The number of hydrogen-bond donors (Lipinski definition) is 2. The highest BCUT2D eigenvalue weighted by molar-refractivity contribution is 5.86. The summed E-state index contributed by atoms with van der Waals surface area (Å²) in [6, 6.07) is 7.92. The average molecular weight is 288 g/mol. The Kier molecular flexibility index (Phi) is 3.89. The molecule has 1 heterocycles. The van der Waals surface area contributed by atoms with E-state index in [1.807, 2.05) is 24.3 Å². The van der Waals surface area contributed by atoms with Gasteiger partial charge in [-0.3, -0.25) is 4.79 Å². The zero-order valence-corrected chi connectivity index (χ0v) is 12.6. The van der Waals surface area contributed by atoms with Crippen molar-refractivity contribution in [2.24, 2.45) is 11.7 Å². The lowest BCUT2D eigenvalue weighted by molar-refractivity contribution is -0.129. The lowest BCUT2D eigenvalue weighted by atomic mass is 9.76. The summed E-state index contributed by atoms with van der Waals surface area (Å²) in [4.78, 5) is 12.7. The van der Waals surface area contributed by atoms with E-state index in [0.29, 0.717) is 12.5 Å². The van der Waals surface area contributed by atoms with Crippen molar-refractivity contribution < 1.29 is 9.53 Å². The standard InChI is InChI=1S/C17H24N2O2/c1-12-5-4-9-17(18,11-12)16(20)19-14-8-10-21-15-7-3-2-6-13(14)15/h2-3,6-7,12,14H,4-5,8-11,18H2,1H3,(H,19,20). The molecule has 2 aliphatic rings. The molecule has 1 saturated carbocycles. The Labute approximate surface area is 126 Å². The molecule has 0 aromatic heterocycles. The van der Waals surface area contributed by atoms with Crippen molar-refractivity contribution in [2.75, 3.05) is 6.61 Å². The molecule has 114 valence electrons. The Morgan fingerprint density at radius 2 is 2.19 bits per heavy atom. The van der Waals surface area contributed by atoms with Crippen molar-refractivity contribution >= 4 is 5.91 Å². The van der Waals surface area contributed by atoms with Gasteiger partial charge < -0.3 is 15.8 Å². The van der Waals surface area contributed by atoms with Crippen LogP contribution in [0.1, 0.15) is 50.6 Å². The number of hydrogen-bond acceptors (Lipinski definition) is 3. The number of amides is 1. The average Bonchev–Trinajstić information content (AvgIpc) is 2.47. The van der Waals surface area contributed by atoms with Gasteiger partial charge in [0.1, 0.15) is 5.75 Å². The zero-order valence-electron chi connectivity index (χ0n) is 12.6. The van der Waals surface area contributed by atoms with Crippen LogP contribution in [-0.4, -0.2) is 18.1 Å². The molecule has 1 aromatic rings. The number of rotatable bonds is 2. The third-order valence-corrected chi connectivity index (χ3v) is 4.75. The van der Waals surface area contributed by atoms with Gasteiger partial charge in [-0.25, -0.2) is 0 Å². The first kappa shape index (κ1) is 14.4. The minimum absolute atomic E-state index is 0.00393. The predicted molar refractivity (Wildman–Crippen MR) is 82.0 cm³/mol. The lowest BCUT2D eigenvalue weighted by Gasteiger charge is -2.37. The minimum Gasteiger partial charge on any atom is -0.493 e. The van der Waals surface area contributed by atoms with Gasteiger partial charge in [0, 0.05) is 12.0 Å². The normalized spacial score (nSPS) is 31.9. The highest BCUT2D eigenvalue weighted by Crippen LogP contribution is 2.34. The van der Waals surface area contributed by atoms with Crippen LogP contribution >= 0.6 is 0 Å². The van der Waals surface area contributed by atoms with Crippen molar-refractivity contribution in [3.8, 4) is 5.75 Å². The van der Waals surface area contributed by atoms with Crippen molar-refractivity contribution in [1.29, 1.82) is 0 Å². The second kappa shape index (κ2) is 5.68. The Morgan fingerprint density at radius 1 is 1.38 bits per heavy atom. The number of ether oxygens (including phenoxy) is 1. The molecule has 1 aliphatic heterocycles. The van der Waals surface area contributed by atoms with Gasteiger partial charge in [0.15, 0.2) is 0 Å². The molecule has 0 saturated heterocycles. The van der Waals surface area contributed by atoms with E-state index in [4.69, 9.17) is 10.5 Å². The van der Waals surface area contributed by atoms with Crippen molar-refractivity contribution in [3.05, 3.63) is 29.8 Å². The monoisotopic (exact) mass is 288 g/mol. The second-order valence-corrected chi connectivity index (χ2v) is 6.56. The highest BCUT2D eigenvalue weighted by Gasteiger charge is 2.39. The van der Waals surface area contributed by atoms with Crippen LogP contribution in [0, 0.1) is 5.92 Å². The predicted octanol–water partition coefficient (Wildman–Crippen LogP) is 2.53. The Bertz CT molecular complexity index is 531. The van der Waals surface area contributed by atoms with E-state index in [-0.39, 0.29) is 11.9 Å². The molecule has 0 spiro atoms. The van der Waals surface area contributed by atoms with E-state index < -0.39 is 5.54 Å². The zero-order chi connectivity index (χ0) is 14.9. The summed E-state index contributed by atoms with van der Waals surface area (Å²) in [5.41, 5.74) is 6.74. The van der Waals surface area contributed by atoms with Gasteiger partial charge in [0.2, 0.25) is 5.91 Å². The first-order chi connectivity index (χ1) is 10.1. The van der Waals surface area contributed by atoms with Crippen LogP contribution in [0.2, 0.25) is 0 Å². The van der Waals surface area contributed by atoms with Gasteiger partial charge in [-0.05, 0) is 24.8 Å². The van der Waals surface area contributed by atoms with Crippen LogP contribution in [0.25, 0.3) is 0 Å². The van der Waals surface area contributed by atoms with Gasteiger partial charge in [0.05, 0.1) is 18.2 Å². The quantitative estimate of drug-likeness (QED) is 0.879. The number of fused-ring (bicyclic) bond motifs is 1. The highest BCUT2D eigenvalue weighted by atomic mass is 16.5. The lowest BCUT2D eigenvalue weighted by Crippen LogP contribution is -2.57. The molecule has 1 aromatic carbocycles. The molecule has 4 nitrogen and oxygen atoms in total. The number of nitrogens with two attached hydrogens (primary N) is 1. The maximum absolute atomic E-state index is 12.7. The summed E-state index contributed by atoms with van der Waals surface area (Å²) in [7, 11) is 0. The summed E-state index contributed by atoms with van der Waals surface area (Å²) in [6.45, 7) is 2.81. The van der Waals surface area contributed by atoms with Crippen molar-refractivity contribution in [2.45, 2.75) is 50.6 Å². The van der Waals surface area contributed by atoms with Crippen LogP contribution in [0.3, 0.4) is 0 Å². The second-order valence-electron chi connectivity index (χ2n) is 6.56. The topological polar surface area (TPSA) is 64.4 Å². The van der Waals surface area contributed by atoms with E-state index in [9.17, 15) is 4.79 Å². The Hall–Kier alpha value is -1.55. The van der Waals surface area contributed by atoms with Crippen molar-refractivity contribution in [3.63, 3.8) is 0 Å². The smallest absolute Gasteiger partial charge is 0.240 e. The van der Waals surface area contributed by atoms with Crippen LogP contribution in [-0.2, 0) is 4.79 Å². The number of nitrogens with one attached hydrogen (secondary N) is 1. The molecule has 21 heavy (non-hydrogen) atoms. The van der Waals surface area contributed by atoms with Gasteiger partial charge in [-0.15, -0.1) is 0 Å². The van der Waals surface area contributed by atoms with Crippen molar-refractivity contribution in [1.82, 2.24) is 5.32 Å². The largest absolute Gasteiger partial charge is 0.493 e. The van der Waals surface area contributed by atoms with Gasteiger partial charge >= 0.3 is 0 Å². The third-order valence-electron chi connectivity index (χ3n) is 4.75. The Morgan fingerprint density at radius 3 is 3.00 bits per heavy atom. The first-order valence-electron chi connectivity index (χ1n) is 7.90. The molecule has 0 bridgehead atoms. The summed E-state index contributed by atoms with van der Waals surface area (Å²) in [5, 5.41) is 3.16. The molecule has 3 unspecified atom stereocenters. The number of carbonyl (C=O) groups excluding carboxylic acids is 1. The fourth-order valence-electron chi connectivity index (χ4n) is 3.59. The van der Waals surface area contributed by atoms with E-state index >= 15 is 0 Å². The Balaban J connectivity index is 1.74. The molecule has 3 atom stereocenters. The number of carbonyl (C=O) groups is 1. The van der Waals surface area contributed by atoms with E-state index in [0.717, 1.165) is 37.0 Å². The summed E-state index contributed by atoms with van der Waals surface area (Å²) in [6.07, 6.45) is 4.58. The van der Waals surface area contributed by atoms with Gasteiger partial charge in [-0.1, -0.05) is 38.0 Å². The van der Waals surface area contributed by atoms with Crippen LogP contribution in [0.15, 0.2) is 24.3 Å². The van der Waals surface area contributed by atoms with E-state index in [1.54, 1.807) is 0 Å².